The smallest absolute Gasteiger partial charge is 0.319 e. The van der Waals surface area contributed by atoms with Crippen LogP contribution >= 0.6 is 23.2 Å². The largest absolute Gasteiger partial charge is 0.367 e. The van der Waals surface area contributed by atoms with Gasteiger partial charge in [-0.1, -0.05) is 23.2 Å². The molecule has 0 spiro atoms. The van der Waals surface area contributed by atoms with Crippen molar-refractivity contribution in [3.63, 3.8) is 0 Å². The van der Waals surface area contributed by atoms with Gasteiger partial charge in [0.1, 0.15) is 11.9 Å². The van der Waals surface area contributed by atoms with E-state index < -0.39 is 11.8 Å². The van der Waals surface area contributed by atoms with Crippen LogP contribution in [0.3, 0.4) is 0 Å². The zero-order valence-electron chi connectivity index (χ0n) is 14.2. The minimum absolute atomic E-state index is 0.116. The Labute approximate surface area is 165 Å². The fourth-order valence-electron chi connectivity index (χ4n) is 3.05. The molecule has 2 aromatic rings. The SMILES string of the molecule is N#Cc1cc(NC(=O)N[C@@H]2CCCN(c3c(Cl)cncc3Cl)C2)ccc1F. The number of hydrogen-bond donors (Lipinski definition) is 2. The van der Waals surface area contributed by atoms with E-state index in [4.69, 9.17) is 28.5 Å². The van der Waals surface area contributed by atoms with Crippen molar-refractivity contribution >= 4 is 40.6 Å². The Balaban J connectivity index is 1.64. The lowest BCUT2D eigenvalue weighted by Crippen LogP contribution is -2.49. The van der Waals surface area contributed by atoms with E-state index in [-0.39, 0.29) is 11.6 Å². The van der Waals surface area contributed by atoms with Crippen LogP contribution in [0.5, 0.6) is 0 Å². The molecule has 27 heavy (non-hydrogen) atoms. The molecule has 140 valence electrons. The van der Waals surface area contributed by atoms with E-state index in [0.717, 1.165) is 25.5 Å². The zero-order valence-corrected chi connectivity index (χ0v) is 15.7. The van der Waals surface area contributed by atoms with Crippen LogP contribution in [0, 0.1) is 17.1 Å². The number of piperidine rings is 1. The normalized spacial score (nSPS) is 16.5. The standard InChI is InChI=1S/C18H16Cl2FN5O/c19-14-8-23-9-15(20)17(14)26-5-1-2-13(10-26)25-18(27)24-12-3-4-16(21)11(6-12)7-22/h3-4,6,8-9,13H,1-2,5,10H2,(H2,24,25,27)/t13-/m1/s1. The molecule has 3 rings (SSSR count). The summed E-state index contributed by atoms with van der Waals surface area (Å²) in [5, 5.41) is 15.3. The van der Waals surface area contributed by atoms with Crippen molar-refractivity contribution in [2.75, 3.05) is 23.3 Å². The van der Waals surface area contributed by atoms with Crippen molar-refractivity contribution in [1.29, 1.82) is 5.26 Å². The van der Waals surface area contributed by atoms with Crippen molar-refractivity contribution in [1.82, 2.24) is 10.3 Å². The number of aromatic nitrogens is 1. The number of nitriles is 1. The molecule has 9 heteroatoms. The highest BCUT2D eigenvalue weighted by Crippen LogP contribution is 2.34. The van der Waals surface area contributed by atoms with E-state index in [1.807, 2.05) is 4.90 Å². The highest BCUT2D eigenvalue weighted by Gasteiger charge is 2.24. The van der Waals surface area contributed by atoms with Gasteiger partial charge in [-0.3, -0.25) is 4.98 Å². The number of pyridine rings is 1. The summed E-state index contributed by atoms with van der Waals surface area (Å²) in [5.74, 6) is -0.627. The Morgan fingerprint density at radius 1 is 1.33 bits per heavy atom. The number of urea groups is 1. The van der Waals surface area contributed by atoms with Crippen molar-refractivity contribution < 1.29 is 9.18 Å². The average molecular weight is 408 g/mol. The van der Waals surface area contributed by atoms with Crippen LogP contribution in [-0.2, 0) is 0 Å². The minimum Gasteiger partial charge on any atom is -0.367 e. The molecular formula is C18H16Cl2FN5O. The second-order valence-corrected chi connectivity index (χ2v) is 6.96. The summed E-state index contributed by atoms with van der Waals surface area (Å²) in [6, 6.07) is 5.03. The van der Waals surface area contributed by atoms with Crippen LogP contribution < -0.4 is 15.5 Å². The van der Waals surface area contributed by atoms with Gasteiger partial charge in [0.25, 0.3) is 0 Å². The summed E-state index contributed by atoms with van der Waals surface area (Å²) >= 11 is 12.4. The van der Waals surface area contributed by atoms with Crippen LogP contribution in [0.2, 0.25) is 10.0 Å². The van der Waals surface area contributed by atoms with Gasteiger partial charge in [0, 0.05) is 37.2 Å². The second-order valence-electron chi connectivity index (χ2n) is 6.14. The summed E-state index contributed by atoms with van der Waals surface area (Å²) in [5.41, 5.74) is 0.925. The van der Waals surface area contributed by atoms with Crippen molar-refractivity contribution in [2.45, 2.75) is 18.9 Å². The van der Waals surface area contributed by atoms with E-state index in [9.17, 15) is 9.18 Å². The topological polar surface area (TPSA) is 81.0 Å². The molecule has 2 heterocycles. The summed E-state index contributed by atoms with van der Waals surface area (Å²) < 4.78 is 13.4. The van der Waals surface area contributed by atoms with Crippen LogP contribution in [0.4, 0.5) is 20.6 Å². The first-order valence-corrected chi connectivity index (χ1v) is 9.04. The Morgan fingerprint density at radius 3 is 2.78 bits per heavy atom. The molecule has 1 saturated heterocycles. The lowest BCUT2D eigenvalue weighted by molar-refractivity contribution is 0.246. The molecule has 0 bridgehead atoms. The van der Waals surface area contributed by atoms with Crippen LogP contribution in [0.1, 0.15) is 18.4 Å². The first-order valence-electron chi connectivity index (χ1n) is 8.29. The molecule has 1 aromatic heterocycles. The second kappa shape index (κ2) is 8.42. The van der Waals surface area contributed by atoms with Crippen molar-refractivity contribution in [3.05, 3.63) is 52.0 Å². The van der Waals surface area contributed by atoms with E-state index in [1.54, 1.807) is 6.07 Å². The molecule has 2 amide bonds. The first kappa shape index (κ1) is 19.2. The molecule has 2 N–H and O–H groups in total. The number of carbonyl (C=O) groups excluding carboxylic acids is 1. The van der Waals surface area contributed by atoms with Gasteiger partial charge in [-0.15, -0.1) is 0 Å². The van der Waals surface area contributed by atoms with Crippen LogP contribution in [0.25, 0.3) is 0 Å². The number of hydrogen-bond acceptors (Lipinski definition) is 4. The van der Waals surface area contributed by atoms with Crippen molar-refractivity contribution in [2.24, 2.45) is 0 Å². The van der Waals surface area contributed by atoms with Gasteiger partial charge in [-0.05, 0) is 31.0 Å². The fraction of sp³-hybridized carbons (Fsp3) is 0.278. The maximum Gasteiger partial charge on any atom is 0.319 e. The van der Waals surface area contributed by atoms with Crippen molar-refractivity contribution in [3.8, 4) is 6.07 Å². The average Bonchev–Trinajstić information content (AvgIpc) is 2.63. The molecule has 6 nitrogen and oxygen atoms in total. The van der Waals surface area contributed by atoms with Gasteiger partial charge in [0.05, 0.1) is 21.3 Å². The lowest BCUT2D eigenvalue weighted by Gasteiger charge is -2.35. The van der Waals surface area contributed by atoms with Gasteiger partial charge < -0.3 is 15.5 Å². The Kier molecular flexibility index (Phi) is 5.99. The first-order chi connectivity index (χ1) is 13.0. The molecular weight excluding hydrogens is 392 g/mol. The maximum absolute atomic E-state index is 13.4. The van der Waals surface area contributed by atoms with Gasteiger partial charge >= 0.3 is 6.03 Å². The molecule has 0 radical (unpaired) electrons. The third-order valence-electron chi connectivity index (χ3n) is 4.25. The monoisotopic (exact) mass is 407 g/mol. The number of nitrogens with zero attached hydrogens (tertiary/aromatic N) is 3. The third-order valence-corrected chi connectivity index (χ3v) is 4.80. The molecule has 1 aliphatic heterocycles. The number of benzene rings is 1. The molecule has 0 aliphatic carbocycles. The van der Waals surface area contributed by atoms with Crippen LogP contribution in [0.15, 0.2) is 30.6 Å². The Hall–Kier alpha value is -2.56. The highest BCUT2D eigenvalue weighted by atomic mass is 35.5. The van der Waals surface area contributed by atoms with E-state index in [1.165, 1.54) is 24.5 Å². The number of carbonyl (C=O) groups is 1. The molecule has 1 atom stereocenters. The zero-order chi connectivity index (χ0) is 19.4. The summed E-state index contributed by atoms with van der Waals surface area (Å²) in [6.07, 6.45) is 4.73. The predicted molar refractivity (Wildman–Crippen MR) is 103 cm³/mol. The van der Waals surface area contributed by atoms with Gasteiger partial charge in [-0.25, -0.2) is 9.18 Å². The maximum atomic E-state index is 13.4. The van der Waals surface area contributed by atoms with Gasteiger partial charge in [-0.2, -0.15) is 5.26 Å². The lowest BCUT2D eigenvalue weighted by atomic mass is 10.1. The molecule has 0 unspecified atom stereocenters. The number of rotatable bonds is 3. The number of halogens is 3. The quantitative estimate of drug-likeness (QED) is 0.798. The molecule has 1 fully saturated rings. The van der Waals surface area contributed by atoms with E-state index in [2.05, 4.69) is 15.6 Å². The predicted octanol–water partition coefficient (Wildman–Crippen LogP) is 4.19. The fourth-order valence-corrected chi connectivity index (χ4v) is 3.65. The molecule has 0 saturated carbocycles. The Morgan fingerprint density at radius 2 is 2.07 bits per heavy atom. The summed E-state index contributed by atoms with van der Waals surface area (Å²) in [6.45, 7) is 1.32. The minimum atomic E-state index is -0.627. The van der Waals surface area contributed by atoms with Gasteiger partial charge in [0.2, 0.25) is 0 Å². The van der Waals surface area contributed by atoms with Gasteiger partial charge in [0.15, 0.2) is 0 Å². The summed E-state index contributed by atoms with van der Waals surface area (Å²) in [7, 11) is 0. The third kappa shape index (κ3) is 4.59. The number of nitrogens with one attached hydrogen (secondary N) is 2. The molecule has 1 aliphatic rings. The van der Waals surface area contributed by atoms with E-state index >= 15 is 0 Å². The summed E-state index contributed by atoms with van der Waals surface area (Å²) in [4.78, 5) is 18.2. The van der Waals surface area contributed by atoms with Crippen LogP contribution in [-0.4, -0.2) is 30.1 Å². The molecule has 1 aromatic carbocycles. The van der Waals surface area contributed by atoms with E-state index in [0.29, 0.717) is 28.0 Å². The highest BCUT2D eigenvalue weighted by molar-refractivity contribution is 6.38. The number of anilines is 2. The number of amides is 2. The Bertz CT molecular complexity index is 882.